The second-order valence-corrected chi connectivity index (χ2v) is 16.9. The van der Waals surface area contributed by atoms with E-state index in [0.29, 0.717) is 0 Å². The molecule has 7 heteroatoms. The van der Waals surface area contributed by atoms with E-state index in [1.165, 1.54) is 87.4 Å². The maximum absolute atomic E-state index is 6.66. The molecular weight excluding hydrogens is 735 g/mol. The quantitative estimate of drug-likeness (QED) is 0.144. The topological polar surface area (TPSA) is 26.3 Å². The highest BCUT2D eigenvalue weighted by molar-refractivity contribution is 6.69. The average molecular weight is 772 g/mol. The molecule has 0 bridgehead atoms. The van der Waals surface area contributed by atoms with E-state index in [2.05, 4.69) is 191 Å². The molecule has 12 aromatic rings. The van der Waals surface area contributed by atoms with Crippen LogP contribution in [0.2, 0.25) is 0 Å². The van der Waals surface area contributed by atoms with Crippen LogP contribution in [0.4, 0.5) is 0 Å². The summed E-state index contributed by atoms with van der Waals surface area (Å²) in [5.41, 5.74) is 20.0. The minimum Gasteiger partial charge on any atom is -0.456 e. The van der Waals surface area contributed by atoms with Crippen LogP contribution >= 0.6 is 0 Å². The Kier molecular flexibility index (Phi) is 7.90. The third-order valence-electron chi connectivity index (χ3n) is 13.8. The van der Waals surface area contributed by atoms with Crippen molar-refractivity contribution in [1.29, 1.82) is 0 Å². The Labute approximate surface area is 358 Å². The summed E-state index contributed by atoms with van der Waals surface area (Å²) >= 11 is 0. The van der Waals surface area contributed by atoms with Crippen molar-refractivity contribution in [2.75, 3.05) is 0 Å². The fourth-order valence-electron chi connectivity index (χ4n) is 10.5. The molecule has 0 saturated carbocycles. The molecule has 0 spiro atoms. The van der Waals surface area contributed by atoms with Crippen molar-refractivity contribution in [3.8, 4) is 44.5 Å². The van der Waals surface area contributed by atoms with Crippen molar-refractivity contribution in [3.05, 3.63) is 164 Å². The summed E-state index contributed by atoms with van der Waals surface area (Å²) in [7, 11) is 11.4. The van der Waals surface area contributed by atoms with E-state index in [-0.39, 0.29) is 0 Å². The lowest BCUT2D eigenvalue weighted by molar-refractivity contribution is 0.668. The minimum atomic E-state index is 0.864. The van der Waals surface area contributed by atoms with E-state index < -0.39 is 0 Å². The number of para-hydroxylation sites is 2. The van der Waals surface area contributed by atoms with Gasteiger partial charge in [-0.25, -0.2) is 0 Å². The van der Waals surface area contributed by atoms with Gasteiger partial charge in [-0.2, -0.15) is 0 Å². The highest BCUT2D eigenvalue weighted by Gasteiger charge is 2.23. The maximum atomic E-state index is 6.66. The molecule has 12 rings (SSSR count). The second-order valence-electron chi connectivity index (χ2n) is 16.9. The Hall–Kier alpha value is -7.10. The van der Waals surface area contributed by atoms with Crippen molar-refractivity contribution >= 4 is 143 Å². The van der Waals surface area contributed by atoms with E-state index in [4.69, 9.17) is 8.83 Å². The predicted molar refractivity (Wildman–Crippen MR) is 276 cm³/mol. The SMILES string of the molecule is Bc1c(B)c(B)c(-c2c3ccccc3c(-c3cc(-c4cccc5oc6ccc(-c7cccc8c7oc7ccccc78)cc6c45)c4ccccc4c3)c3ccccc23)c(B)c1B. The summed E-state index contributed by atoms with van der Waals surface area (Å²) in [5.74, 6) is 0. The molecule has 0 aliphatic heterocycles. The van der Waals surface area contributed by atoms with Crippen LogP contribution in [0, 0.1) is 0 Å². The van der Waals surface area contributed by atoms with Crippen LogP contribution in [-0.2, 0) is 0 Å². The van der Waals surface area contributed by atoms with E-state index in [1.54, 1.807) is 0 Å². The van der Waals surface area contributed by atoms with Crippen molar-refractivity contribution < 1.29 is 8.83 Å². The zero-order chi connectivity index (χ0) is 41.1. The van der Waals surface area contributed by atoms with Gasteiger partial charge >= 0.3 is 0 Å². The second kappa shape index (κ2) is 13.5. The zero-order valence-corrected chi connectivity index (χ0v) is 34.9. The summed E-state index contributed by atoms with van der Waals surface area (Å²) in [6.07, 6.45) is 0. The number of benzene rings is 10. The van der Waals surface area contributed by atoms with Gasteiger partial charge in [0.15, 0.2) is 0 Å². The smallest absolute Gasteiger partial charge is 0.143 e. The van der Waals surface area contributed by atoms with E-state index in [0.717, 1.165) is 60.6 Å². The van der Waals surface area contributed by atoms with Gasteiger partial charge in [0, 0.05) is 27.1 Å². The van der Waals surface area contributed by atoms with Crippen LogP contribution in [0.5, 0.6) is 0 Å². The molecule has 2 heterocycles. The first-order chi connectivity index (χ1) is 29.9. The van der Waals surface area contributed by atoms with Crippen LogP contribution in [0.3, 0.4) is 0 Å². The molecule has 0 amide bonds. The normalized spacial score (nSPS) is 11.9. The van der Waals surface area contributed by atoms with Gasteiger partial charge in [-0.15, -0.1) is 16.4 Å². The van der Waals surface area contributed by atoms with Gasteiger partial charge < -0.3 is 8.83 Å². The van der Waals surface area contributed by atoms with Gasteiger partial charge in [0.1, 0.15) is 61.6 Å². The van der Waals surface area contributed by atoms with Crippen molar-refractivity contribution in [2.24, 2.45) is 0 Å². The number of rotatable bonds is 4. The molecule has 0 saturated heterocycles. The lowest BCUT2D eigenvalue weighted by atomic mass is 9.59. The van der Waals surface area contributed by atoms with Gasteiger partial charge in [-0.05, 0) is 108 Å². The molecule has 0 radical (unpaired) electrons. The summed E-state index contributed by atoms with van der Waals surface area (Å²) in [6, 6.07) is 59.5. The van der Waals surface area contributed by atoms with Gasteiger partial charge in [0.2, 0.25) is 0 Å². The summed E-state index contributed by atoms with van der Waals surface area (Å²) < 4.78 is 13.2. The highest BCUT2D eigenvalue weighted by atomic mass is 16.3. The number of furan rings is 2. The van der Waals surface area contributed by atoms with Gasteiger partial charge in [0.25, 0.3) is 0 Å². The first-order valence-electron chi connectivity index (χ1n) is 21.3. The Morgan fingerprint density at radius 3 is 1.56 bits per heavy atom. The summed E-state index contributed by atoms with van der Waals surface area (Å²) in [6.45, 7) is 0. The summed E-state index contributed by atoms with van der Waals surface area (Å²) in [5, 5.41) is 11.9. The average Bonchev–Trinajstić information content (AvgIpc) is 3.88. The lowest BCUT2D eigenvalue weighted by Crippen LogP contribution is -2.55. The largest absolute Gasteiger partial charge is 0.456 e. The van der Waals surface area contributed by atoms with Gasteiger partial charge in [-0.3, -0.25) is 0 Å². The number of hydrogen-bond acceptors (Lipinski definition) is 2. The maximum Gasteiger partial charge on any atom is 0.143 e. The molecule has 2 aromatic heterocycles. The molecule has 10 aromatic carbocycles. The number of hydrogen-bond donors (Lipinski definition) is 0. The Morgan fingerprint density at radius 2 is 0.836 bits per heavy atom. The Balaban J connectivity index is 1.13. The van der Waals surface area contributed by atoms with Crippen molar-refractivity contribution in [3.63, 3.8) is 0 Å². The predicted octanol–water partition coefficient (Wildman–Crippen LogP) is 6.91. The molecular formula is C54H37B5O2. The molecule has 0 unspecified atom stereocenters. The Bertz CT molecular complexity index is 3750. The van der Waals surface area contributed by atoms with Crippen LogP contribution < -0.4 is 27.3 Å². The molecule has 280 valence electrons. The zero-order valence-electron chi connectivity index (χ0n) is 34.9. The van der Waals surface area contributed by atoms with Gasteiger partial charge in [-0.1, -0.05) is 138 Å². The molecule has 0 aliphatic rings. The lowest BCUT2D eigenvalue weighted by Gasteiger charge is -2.24. The van der Waals surface area contributed by atoms with Gasteiger partial charge in [0.05, 0.1) is 0 Å². The van der Waals surface area contributed by atoms with Crippen molar-refractivity contribution in [1.82, 2.24) is 0 Å². The monoisotopic (exact) mass is 772 g/mol. The fourth-order valence-corrected chi connectivity index (χ4v) is 10.5. The third kappa shape index (κ3) is 5.23. The molecule has 0 N–H and O–H groups in total. The van der Waals surface area contributed by atoms with E-state index >= 15 is 0 Å². The third-order valence-corrected chi connectivity index (χ3v) is 13.8. The first kappa shape index (κ1) is 35.8. The molecule has 0 aliphatic carbocycles. The first-order valence-corrected chi connectivity index (χ1v) is 21.3. The minimum absolute atomic E-state index is 0.864. The fraction of sp³-hybridized carbons (Fsp3) is 0. The standard InChI is InChI=1S/C54H37B5O2/c55-49-48(50(56)52(58)53(59)51(49)57)47-36-16-5-3-14-34(36)45(35-15-4-6-17-37(35)47)30-25-28-11-1-2-12-31(28)40(27-30)38-19-10-22-44-46(38)41-26-29(23-24-43(41)60-44)32-18-9-20-39-33-13-7-8-21-42(33)61-54(32)39/h1-27H,55-59H2. The molecule has 61 heavy (non-hydrogen) atoms. The Morgan fingerprint density at radius 1 is 0.295 bits per heavy atom. The van der Waals surface area contributed by atoms with Crippen molar-refractivity contribution in [2.45, 2.75) is 0 Å². The number of fused-ring (bicyclic) bond motifs is 9. The van der Waals surface area contributed by atoms with E-state index in [9.17, 15) is 0 Å². The molecule has 2 nitrogen and oxygen atoms in total. The summed E-state index contributed by atoms with van der Waals surface area (Å²) in [4.78, 5) is 0. The van der Waals surface area contributed by atoms with Crippen LogP contribution in [0.1, 0.15) is 0 Å². The van der Waals surface area contributed by atoms with Crippen LogP contribution in [0.25, 0.3) is 121 Å². The molecule has 0 atom stereocenters. The van der Waals surface area contributed by atoms with E-state index in [1.807, 2.05) is 12.1 Å². The van der Waals surface area contributed by atoms with Crippen LogP contribution in [-0.4, -0.2) is 39.2 Å². The highest BCUT2D eigenvalue weighted by Crippen LogP contribution is 2.47. The van der Waals surface area contributed by atoms with Crippen LogP contribution in [0.15, 0.2) is 173 Å². The molecule has 0 fully saturated rings.